The van der Waals surface area contributed by atoms with Gasteiger partial charge in [-0.05, 0) is 12.1 Å². The number of nitrogens with zero attached hydrogens (tertiary/aromatic N) is 1. The van der Waals surface area contributed by atoms with Gasteiger partial charge in [-0.1, -0.05) is 46.3 Å². The van der Waals surface area contributed by atoms with Gasteiger partial charge < -0.3 is 4.90 Å². The quantitative estimate of drug-likeness (QED) is 0.608. The summed E-state index contributed by atoms with van der Waals surface area (Å²) < 4.78 is 0.458. The number of para-hydroxylation sites is 1. The zero-order valence-corrected chi connectivity index (χ0v) is 10.0. The van der Waals surface area contributed by atoms with E-state index in [-0.39, 0.29) is 5.91 Å². The lowest BCUT2D eigenvalue weighted by Crippen LogP contribution is -2.27. The van der Waals surface area contributed by atoms with Gasteiger partial charge in [0.05, 0.1) is 15.1 Å². The summed E-state index contributed by atoms with van der Waals surface area (Å²) in [5.41, 5.74) is 0.755. The number of alkyl halides is 1. The predicted octanol–water partition coefficient (Wildman–Crippen LogP) is 2.74. The van der Waals surface area contributed by atoms with Gasteiger partial charge in [0.1, 0.15) is 0 Å². The van der Waals surface area contributed by atoms with Crippen molar-refractivity contribution in [1.82, 2.24) is 0 Å². The fourth-order valence-corrected chi connectivity index (χ4v) is 1.72. The van der Waals surface area contributed by atoms with Gasteiger partial charge in [-0.25, -0.2) is 0 Å². The molecule has 0 radical (unpaired) electrons. The number of halogens is 2. The first kappa shape index (κ1) is 10.8. The summed E-state index contributed by atoms with van der Waals surface area (Å²) in [7, 11) is 1.72. The maximum atomic E-state index is 11.3. The van der Waals surface area contributed by atoms with E-state index in [2.05, 4.69) is 0 Å². The van der Waals surface area contributed by atoms with Gasteiger partial charge in [0.15, 0.2) is 0 Å². The van der Waals surface area contributed by atoms with Gasteiger partial charge in [0.2, 0.25) is 5.91 Å². The van der Waals surface area contributed by atoms with Crippen molar-refractivity contribution in [2.75, 3.05) is 16.4 Å². The van der Waals surface area contributed by atoms with Crippen LogP contribution in [-0.4, -0.2) is 17.4 Å². The molecule has 4 heteroatoms. The van der Waals surface area contributed by atoms with Gasteiger partial charge in [0.25, 0.3) is 0 Å². The number of benzene rings is 1. The fraction of sp³-hybridized carbons (Fsp3) is 0.222. The highest BCUT2D eigenvalue weighted by molar-refractivity contribution is 14.1. The number of carbonyl (C=O) groups is 1. The summed E-state index contributed by atoms with van der Waals surface area (Å²) in [5, 5.41) is 0.600. The molecular weight excluding hydrogens is 300 g/mol. The number of anilines is 1. The number of amides is 1. The normalized spacial score (nSPS) is 9.77. The highest BCUT2D eigenvalue weighted by Gasteiger charge is 2.11. The Morgan fingerprint density at radius 1 is 1.54 bits per heavy atom. The van der Waals surface area contributed by atoms with Gasteiger partial charge in [0, 0.05) is 7.05 Å². The van der Waals surface area contributed by atoms with E-state index in [9.17, 15) is 4.79 Å². The first-order chi connectivity index (χ1) is 6.16. The first-order valence-electron chi connectivity index (χ1n) is 3.74. The minimum absolute atomic E-state index is 0.0497. The molecule has 1 amide bonds. The highest BCUT2D eigenvalue weighted by Crippen LogP contribution is 2.24. The second-order valence-electron chi connectivity index (χ2n) is 2.54. The molecule has 70 valence electrons. The molecule has 0 atom stereocenters. The van der Waals surface area contributed by atoms with Gasteiger partial charge in [-0.15, -0.1) is 0 Å². The van der Waals surface area contributed by atoms with Crippen LogP contribution in [0.3, 0.4) is 0 Å². The van der Waals surface area contributed by atoms with E-state index in [1.807, 2.05) is 40.8 Å². The van der Waals surface area contributed by atoms with Crippen LogP contribution in [0.25, 0.3) is 0 Å². The van der Waals surface area contributed by atoms with Crippen LogP contribution in [0.5, 0.6) is 0 Å². The van der Waals surface area contributed by atoms with Crippen LogP contribution in [0.15, 0.2) is 24.3 Å². The van der Waals surface area contributed by atoms with E-state index in [1.165, 1.54) is 0 Å². The largest absolute Gasteiger partial charge is 0.313 e. The minimum atomic E-state index is 0.0497. The van der Waals surface area contributed by atoms with Crippen molar-refractivity contribution in [2.24, 2.45) is 0 Å². The molecule has 0 N–H and O–H groups in total. The monoisotopic (exact) mass is 309 g/mol. The van der Waals surface area contributed by atoms with Crippen molar-refractivity contribution in [3.63, 3.8) is 0 Å². The minimum Gasteiger partial charge on any atom is -0.313 e. The van der Waals surface area contributed by atoms with Crippen LogP contribution in [-0.2, 0) is 4.79 Å². The topological polar surface area (TPSA) is 20.3 Å². The van der Waals surface area contributed by atoms with Crippen molar-refractivity contribution in [3.05, 3.63) is 29.3 Å². The summed E-state index contributed by atoms with van der Waals surface area (Å²) in [4.78, 5) is 12.9. The van der Waals surface area contributed by atoms with E-state index in [1.54, 1.807) is 18.0 Å². The summed E-state index contributed by atoms with van der Waals surface area (Å²) in [6.07, 6.45) is 0. The number of hydrogen-bond donors (Lipinski definition) is 0. The van der Waals surface area contributed by atoms with E-state index in [0.29, 0.717) is 9.45 Å². The Labute approximate surface area is 96.0 Å². The molecule has 0 unspecified atom stereocenters. The number of rotatable bonds is 2. The lowest BCUT2D eigenvalue weighted by atomic mass is 10.3. The molecule has 0 heterocycles. The van der Waals surface area contributed by atoms with Crippen LogP contribution >= 0.6 is 34.2 Å². The van der Waals surface area contributed by atoms with Crippen LogP contribution in [0.4, 0.5) is 5.69 Å². The molecule has 2 nitrogen and oxygen atoms in total. The van der Waals surface area contributed by atoms with Crippen molar-refractivity contribution in [2.45, 2.75) is 0 Å². The maximum Gasteiger partial charge on any atom is 0.236 e. The second-order valence-corrected chi connectivity index (χ2v) is 3.71. The average Bonchev–Trinajstić information content (AvgIpc) is 2.16. The summed E-state index contributed by atoms with van der Waals surface area (Å²) in [6, 6.07) is 7.30. The van der Waals surface area contributed by atoms with Crippen LogP contribution in [0, 0.1) is 0 Å². The lowest BCUT2D eigenvalue weighted by molar-refractivity contribution is -0.115. The van der Waals surface area contributed by atoms with Crippen molar-refractivity contribution in [1.29, 1.82) is 0 Å². The SMILES string of the molecule is CN(C(=O)CI)c1ccccc1Cl. The zero-order valence-electron chi connectivity index (χ0n) is 7.13. The molecule has 1 aromatic carbocycles. The van der Waals surface area contributed by atoms with E-state index >= 15 is 0 Å². The molecule has 0 aliphatic rings. The molecule has 0 aliphatic carbocycles. The van der Waals surface area contributed by atoms with E-state index in [4.69, 9.17) is 11.6 Å². The Bertz CT molecular complexity index is 316. The Balaban J connectivity index is 2.95. The molecule has 0 bridgehead atoms. The van der Waals surface area contributed by atoms with Gasteiger partial charge >= 0.3 is 0 Å². The van der Waals surface area contributed by atoms with Gasteiger partial charge in [-0.2, -0.15) is 0 Å². The van der Waals surface area contributed by atoms with Crippen LogP contribution < -0.4 is 4.90 Å². The molecule has 0 aromatic heterocycles. The fourth-order valence-electron chi connectivity index (χ4n) is 0.948. The summed E-state index contributed by atoms with van der Waals surface area (Å²) >= 11 is 7.96. The standard InChI is InChI=1S/C9H9ClINO/c1-12(9(13)6-11)8-5-3-2-4-7(8)10/h2-5H,6H2,1H3. The lowest BCUT2D eigenvalue weighted by Gasteiger charge is -2.16. The molecule has 0 saturated carbocycles. The zero-order chi connectivity index (χ0) is 9.84. The summed E-state index contributed by atoms with van der Waals surface area (Å²) in [6.45, 7) is 0. The predicted molar refractivity (Wildman–Crippen MR) is 63.7 cm³/mol. The molecule has 0 saturated heterocycles. The van der Waals surface area contributed by atoms with Crippen molar-refractivity contribution in [3.8, 4) is 0 Å². The molecule has 1 rings (SSSR count). The number of carbonyl (C=O) groups excluding carboxylic acids is 1. The first-order valence-corrected chi connectivity index (χ1v) is 5.64. The third-order valence-corrected chi connectivity index (χ3v) is 2.67. The average molecular weight is 310 g/mol. The smallest absolute Gasteiger partial charge is 0.236 e. The second kappa shape index (κ2) is 4.81. The van der Waals surface area contributed by atoms with Crippen LogP contribution in [0.1, 0.15) is 0 Å². The number of hydrogen-bond acceptors (Lipinski definition) is 1. The Morgan fingerprint density at radius 3 is 2.69 bits per heavy atom. The molecule has 0 spiro atoms. The van der Waals surface area contributed by atoms with E-state index < -0.39 is 0 Å². The van der Waals surface area contributed by atoms with Crippen molar-refractivity contribution < 1.29 is 4.79 Å². The maximum absolute atomic E-state index is 11.3. The van der Waals surface area contributed by atoms with Crippen LogP contribution in [0.2, 0.25) is 5.02 Å². The molecule has 13 heavy (non-hydrogen) atoms. The highest BCUT2D eigenvalue weighted by atomic mass is 127. The summed E-state index contributed by atoms with van der Waals surface area (Å²) in [5.74, 6) is 0.0497. The van der Waals surface area contributed by atoms with Gasteiger partial charge in [-0.3, -0.25) is 4.79 Å². The third-order valence-electron chi connectivity index (χ3n) is 1.70. The Hall–Kier alpha value is -0.290. The third kappa shape index (κ3) is 2.57. The Kier molecular flexibility index (Phi) is 3.99. The molecule has 0 aliphatic heterocycles. The molecule has 1 aromatic rings. The van der Waals surface area contributed by atoms with Crippen molar-refractivity contribution >= 4 is 45.8 Å². The molecular formula is C9H9ClINO. The molecule has 0 fully saturated rings. The Morgan fingerprint density at radius 2 is 2.15 bits per heavy atom. The van der Waals surface area contributed by atoms with E-state index in [0.717, 1.165) is 5.69 Å².